The first-order valence-electron chi connectivity index (χ1n) is 11.4. The maximum atomic E-state index is 14.2. The van der Waals surface area contributed by atoms with E-state index in [0.717, 1.165) is 0 Å². The highest BCUT2D eigenvalue weighted by atomic mass is 35.5. The van der Waals surface area contributed by atoms with Crippen molar-refractivity contribution >= 4 is 29.2 Å². The number of carbonyl (C=O) groups excluding carboxylic acids is 3. The zero-order valence-corrected chi connectivity index (χ0v) is 20.7. The summed E-state index contributed by atoms with van der Waals surface area (Å²) in [5.74, 6) is -3.21. The van der Waals surface area contributed by atoms with Crippen LogP contribution in [0.2, 0.25) is 5.02 Å². The molecule has 2 atom stereocenters. The Balaban J connectivity index is 1.76. The molecule has 1 fully saturated rings. The molecule has 35 heavy (non-hydrogen) atoms. The van der Waals surface area contributed by atoms with Gasteiger partial charge in [-0.05, 0) is 38.3 Å². The molecule has 2 aromatic rings. The maximum Gasteiger partial charge on any atom is 0.274 e. The van der Waals surface area contributed by atoms with Crippen molar-refractivity contribution < 1.29 is 23.9 Å². The van der Waals surface area contributed by atoms with E-state index in [1.54, 1.807) is 20.2 Å². The quantitative estimate of drug-likeness (QED) is 0.611. The van der Waals surface area contributed by atoms with Gasteiger partial charge in [-0.1, -0.05) is 23.7 Å². The van der Waals surface area contributed by atoms with Crippen LogP contribution in [0.5, 0.6) is 5.75 Å². The lowest BCUT2D eigenvalue weighted by molar-refractivity contribution is -0.131. The predicted molar refractivity (Wildman–Crippen MR) is 127 cm³/mol. The molecule has 0 unspecified atom stereocenters. The summed E-state index contributed by atoms with van der Waals surface area (Å²) in [5, 5.41) is 10.7. The number of hydrogen-bond donors (Lipinski definition) is 1. The van der Waals surface area contributed by atoms with Gasteiger partial charge in [-0.2, -0.15) is 0 Å². The molecule has 1 spiro atoms. The summed E-state index contributed by atoms with van der Waals surface area (Å²) in [4.78, 5) is 55.0. The van der Waals surface area contributed by atoms with Gasteiger partial charge in [0, 0.05) is 39.3 Å². The minimum Gasteiger partial charge on any atom is -0.503 e. The van der Waals surface area contributed by atoms with Crippen molar-refractivity contribution in [2.45, 2.75) is 44.7 Å². The van der Waals surface area contributed by atoms with Crippen molar-refractivity contribution in [2.24, 2.45) is 5.92 Å². The largest absolute Gasteiger partial charge is 0.503 e. The average molecular weight is 504 g/mol. The van der Waals surface area contributed by atoms with Crippen LogP contribution in [0.15, 0.2) is 29.2 Å². The number of benzene rings is 1. The van der Waals surface area contributed by atoms with E-state index in [0.29, 0.717) is 6.42 Å². The molecule has 4 rings (SSSR count). The van der Waals surface area contributed by atoms with Crippen LogP contribution >= 0.6 is 11.6 Å². The number of Topliss-reactive ketones (excluding diaryl/α,β-unsaturated/α-hetero) is 1. The normalized spacial score (nSPS) is 20.8. The molecule has 2 heterocycles. The predicted octanol–water partition coefficient (Wildman–Crippen LogP) is 2.83. The first-order chi connectivity index (χ1) is 16.4. The lowest BCUT2D eigenvalue weighted by Crippen LogP contribution is -2.52. The number of aromatic hydroxyl groups is 1. The Bertz CT molecular complexity index is 1300. The topological polar surface area (TPSA) is 99.9 Å². The molecule has 1 N–H and O–H groups in total. The van der Waals surface area contributed by atoms with Gasteiger partial charge in [0.15, 0.2) is 17.2 Å². The molecule has 8 nitrogen and oxygen atoms in total. The number of pyridine rings is 1. The number of aromatic nitrogens is 1. The second-order valence-electron chi connectivity index (χ2n) is 9.69. The number of ketones is 1. The molecular weight excluding hydrogens is 477 g/mol. The van der Waals surface area contributed by atoms with Crippen LogP contribution < -0.4 is 5.43 Å². The van der Waals surface area contributed by atoms with E-state index in [2.05, 4.69) is 0 Å². The lowest BCUT2D eigenvalue weighted by Gasteiger charge is -2.39. The number of fused-ring (bicyclic) bond motifs is 2. The fourth-order valence-corrected chi connectivity index (χ4v) is 5.03. The fourth-order valence-electron chi connectivity index (χ4n) is 4.84. The maximum absolute atomic E-state index is 14.2. The van der Waals surface area contributed by atoms with E-state index in [-0.39, 0.29) is 53.2 Å². The van der Waals surface area contributed by atoms with Gasteiger partial charge < -0.3 is 19.5 Å². The number of rotatable bonds is 6. The Morgan fingerprint density at radius 3 is 2.60 bits per heavy atom. The molecule has 10 heteroatoms. The van der Waals surface area contributed by atoms with Gasteiger partial charge in [0.25, 0.3) is 5.91 Å². The third kappa shape index (κ3) is 4.01. The van der Waals surface area contributed by atoms with Crippen molar-refractivity contribution in [3.8, 4) is 5.75 Å². The SMILES string of the molecule is CC(C)N1C[C@@]2(C[C@@H]2C(=O)N(C)C)n2cc(C(=O)CCc3cccc(Cl)c3F)c(=O)c(O)c2C1=O. The van der Waals surface area contributed by atoms with E-state index in [1.165, 1.54) is 32.7 Å². The van der Waals surface area contributed by atoms with Crippen LogP contribution in [0.1, 0.15) is 53.1 Å². The summed E-state index contributed by atoms with van der Waals surface area (Å²) in [6.07, 6.45) is 1.48. The Kier molecular flexibility index (Phi) is 6.25. The van der Waals surface area contributed by atoms with E-state index in [9.17, 15) is 28.7 Å². The highest BCUT2D eigenvalue weighted by Gasteiger charge is 2.64. The molecule has 0 radical (unpaired) electrons. The van der Waals surface area contributed by atoms with Gasteiger partial charge in [-0.15, -0.1) is 0 Å². The first kappa shape index (κ1) is 24.9. The molecule has 186 valence electrons. The summed E-state index contributed by atoms with van der Waals surface area (Å²) in [6, 6.07) is 4.23. The van der Waals surface area contributed by atoms with Gasteiger partial charge in [0.05, 0.1) is 22.0 Å². The molecular formula is C25H27ClFN3O5. The number of hydrogen-bond acceptors (Lipinski definition) is 5. The molecule has 1 aromatic carbocycles. The molecule has 0 saturated heterocycles. The summed E-state index contributed by atoms with van der Waals surface area (Å²) in [7, 11) is 3.27. The van der Waals surface area contributed by atoms with Crippen LogP contribution in [-0.4, -0.2) is 63.8 Å². The highest BCUT2D eigenvalue weighted by molar-refractivity contribution is 6.30. The Morgan fingerprint density at radius 1 is 1.29 bits per heavy atom. The summed E-state index contributed by atoms with van der Waals surface area (Å²) in [6.45, 7) is 3.84. The Hall–Kier alpha value is -3.20. The molecule has 1 aromatic heterocycles. The summed E-state index contributed by atoms with van der Waals surface area (Å²) < 4.78 is 15.7. The van der Waals surface area contributed by atoms with E-state index < -0.39 is 40.1 Å². The van der Waals surface area contributed by atoms with Crippen molar-refractivity contribution in [1.82, 2.24) is 14.4 Å². The van der Waals surface area contributed by atoms with Crippen molar-refractivity contribution in [3.05, 3.63) is 62.3 Å². The third-order valence-electron chi connectivity index (χ3n) is 6.93. The fraction of sp³-hybridized carbons (Fsp3) is 0.440. The minimum atomic E-state index is -0.960. The van der Waals surface area contributed by atoms with Crippen LogP contribution in [-0.2, 0) is 16.8 Å². The first-order valence-corrected chi connectivity index (χ1v) is 11.8. The highest BCUT2D eigenvalue weighted by Crippen LogP contribution is 2.55. The van der Waals surface area contributed by atoms with Gasteiger partial charge >= 0.3 is 0 Å². The smallest absolute Gasteiger partial charge is 0.274 e. The number of aryl methyl sites for hydroxylation is 1. The Labute approximate surface area is 206 Å². The van der Waals surface area contributed by atoms with Crippen molar-refractivity contribution in [1.29, 1.82) is 0 Å². The van der Waals surface area contributed by atoms with Crippen LogP contribution in [0.3, 0.4) is 0 Å². The average Bonchev–Trinajstić information content (AvgIpc) is 3.52. The molecule has 1 aliphatic heterocycles. The van der Waals surface area contributed by atoms with Crippen LogP contribution in [0.4, 0.5) is 4.39 Å². The van der Waals surface area contributed by atoms with Crippen molar-refractivity contribution in [3.63, 3.8) is 0 Å². The molecule has 1 saturated carbocycles. The van der Waals surface area contributed by atoms with E-state index in [1.807, 2.05) is 13.8 Å². The third-order valence-corrected chi connectivity index (χ3v) is 7.22. The van der Waals surface area contributed by atoms with Gasteiger partial charge in [-0.3, -0.25) is 19.2 Å². The monoisotopic (exact) mass is 503 g/mol. The molecule has 1 aliphatic carbocycles. The van der Waals surface area contributed by atoms with Gasteiger partial charge in [0.2, 0.25) is 11.3 Å². The summed E-state index contributed by atoms with van der Waals surface area (Å²) >= 11 is 5.81. The lowest BCUT2D eigenvalue weighted by atomic mass is 9.99. The Morgan fingerprint density at radius 2 is 1.97 bits per heavy atom. The number of carbonyl (C=O) groups is 3. The zero-order valence-electron chi connectivity index (χ0n) is 20.0. The second-order valence-corrected chi connectivity index (χ2v) is 10.1. The number of halogens is 2. The van der Waals surface area contributed by atoms with Crippen molar-refractivity contribution in [2.75, 3.05) is 20.6 Å². The number of amides is 2. The van der Waals surface area contributed by atoms with Gasteiger partial charge in [-0.25, -0.2) is 4.39 Å². The molecule has 0 bridgehead atoms. The van der Waals surface area contributed by atoms with E-state index in [4.69, 9.17) is 11.6 Å². The van der Waals surface area contributed by atoms with Gasteiger partial charge in [0.1, 0.15) is 5.82 Å². The molecule has 2 aliphatic rings. The second kappa shape index (κ2) is 8.78. The van der Waals surface area contributed by atoms with Crippen LogP contribution in [0.25, 0.3) is 0 Å². The summed E-state index contributed by atoms with van der Waals surface area (Å²) in [5.41, 5.74) is -2.12. The van der Waals surface area contributed by atoms with E-state index >= 15 is 0 Å². The van der Waals surface area contributed by atoms with Crippen LogP contribution in [0, 0.1) is 11.7 Å². The number of nitrogens with zero attached hydrogens (tertiary/aromatic N) is 3. The zero-order chi connectivity index (χ0) is 25.8. The molecule has 2 amide bonds. The standard InChI is InChI=1S/C25H27ClFN3O5/c1-13(2)29-12-25(10-16(25)23(34)28(3)4)30-11-15(21(32)22(33)20(30)24(29)35)18(31)9-8-14-6-5-7-17(26)19(14)27/h5-7,11,13,16,33H,8-10,12H2,1-4H3/t16-,25-/m1/s1. The minimum absolute atomic E-state index is 0.000120.